The smallest absolute Gasteiger partial charge is 0.146 e. The van der Waals surface area contributed by atoms with Crippen LogP contribution in [0, 0.1) is 0 Å². The Balaban J connectivity index is 2.15. The van der Waals surface area contributed by atoms with Gasteiger partial charge in [0.25, 0.3) is 0 Å². The SMILES string of the molecule is CC(C)(C)N=C1N(c2ccccc2)C(=Nc2ccccc2)P1C(C)(C)C. The maximum atomic E-state index is 5.10. The van der Waals surface area contributed by atoms with Gasteiger partial charge in [-0.2, -0.15) is 0 Å². The normalized spacial score (nSPS) is 21.2. The summed E-state index contributed by atoms with van der Waals surface area (Å²) < 4.78 is 0. The molecule has 0 spiro atoms. The molecule has 0 saturated carbocycles. The first-order chi connectivity index (χ1) is 12.2. The maximum Gasteiger partial charge on any atom is 0.146 e. The van der Waals surface area contributed by atoms with Crippen LogP contribution in [-0.2, 0) is 0 Å². The van der Waals surface area contributed by atoms with Gasteiger partial charge in [-0.25, -0.2) is 4.99 Å². The molecule has 4 heteroatoms. The predicted octanol–water partition coefficient (Wildman–Crippen LogP) is 6.63. The molecule has 1 heterocycles. The molecule has 1 saturated heterocycles. The van der Waals surface area contributed by atoms with E-state index in [4.69, 9.17) is 9.98 Å². The van der Waals surface area contributed by atoms with E-state index in [1.807, 2.05) is 24.3 Å². The average Bonchev–Trinajstić information content (AvgIpc) is 2.53. The van der Waals surface area contributed by atoms with Crippen LogP contribution in [0.3, 0.4) is 0 Å². The molecule has 26 heavy (non-hydrogen) atoms. The molecule has 3 rings (SSSR count). The summed E-state index contributed by atoms with van der Waals surface area (Å²) in [5.41, 5.74) is 4.31. The van der Waals surface area contributed by atoms with Crippen molar-refractivity contribution in [3.63, 3.8) is 0 Å². The molecular formula is C22H28N3P. The van der Waals surface area contributed by atoms with Crippen LogP contribution in [0.25, 0.3) is 0 Å². The van der Waals surface area contributed by atoms with Crippen LogP contribution >= 0.6 is 7.92 Å². The lowest BCUT2D eigenvalue weighted by atomic mass is 10.1. The van der Waals surface area contributed by atoms with E-state index in [2.05, 4.69) is 82.8 Å². The van der Waals surface area contributed by atoms with Gasteiger partial charge >= 0.3 is 0 Å². The first kappa shape index (κ1) is 18.8. The number of hydrogen-bond donors (Lipinski definition) is 0. The van der Waals surface area contributed by atoms with Gasteiger partial charge in [0.2, 0.25) is 0 Å². The molecule has 1 aliphatic heterocycles. The van der Waals surface area contributed by atoms with Crippen molar-refractivity contribution in [1.29, 1.82) is 0 Å². The van der Waals surface area contributed by atoms with Crippen molar-refractivity contribution < 1.29 is 0 Å². The van der Waals surface area contributed by atoms with Gasteiger partial charge in [-0.3, -0.25) is 9.89 Å². The third kappa shape index (κ3) is 4.04. The average molecular weight is 365 g/mol. The summed E-state index contributed by atoms with van der Waals surface area (Å²) in [4.78, 5) is 12.4. The second-order valence-corrected chi connectivity index (χ2v) is 11.3. The number of anilines is 1. The van der Waals surface area contributed by atoms with Crippen LogP contribution in [0.5, 0.6) is 0 Å². The van der Waals surface area contributed by atoms with Gasteiger partial charge < -0.3 is 0 Å². The van der Waals surface area contributed by atoms with Crippen LogP contribution in [0.2, 0.25) is 0 Å². The third-order valence-corrected chi connectivity index (χ3v) is 6.65. The minimum atomic E-state index is -0.591. The molecule has 0 amide bonds. The van der Waals surface area contributed by atoms with E-state index in [9.17, 15) is 0 Å². The third-order valence-electron chi connectivity index (χ3n) is 3.91. The number of nitrogens with zero attached hydrogens (tertiary/aromatic N) is 3. The van der Waals surface area contributed by atoms with Gasteiger partial charge in [0.1, 0.15) is 11.2 Å². The molecule has 136 valence electrons. The Morgan fingerprint density at radius 2 is 1.27 bits per heavy atom. The van der Waals surface area contributed by atoms with Gasteiger partial charge in [-0.05, 0) is 50.2 Å². The van der Waals surface area contributed by atoms with Crippen LogP contribution in [0.15, 0.2) is 70.6 Å². The largest absolute Gasteiger partial charge is 0.278 e. The minimum Gasteiger partial charge on any atom is -0.278 e. The Morgan fingerprint density at radius 3 is 1.77 bits per heavy atom. The van der Waals surface area contributed by atoms with Crippen molar-refractivity contribution in [3.05, 3.63) is 60.7 Å². The van der Waals surface area contributed by atoms with E-state index in [0.717, 1.165) is 17.0 Å². The van der Waals surface area contributed by atoms with Gasteiger partial charge in [0.05, 0.1) is 11.2 Å². The molecule has 2 aromatic rings. The predicted molar refractivity (Wildman–Crippen MR) is 116 cm³/mol. The molecule has 0 bridgehead atoms. The van der Waals surface area contributed by atoms with E-state index in [0.29, 0.717) is 0 Å². The van der Waals surface area contributed by atoms with Crippen molar-refractivity contribution in [3.8, 4) is 0 Å². The summed E-state index contributed by atoms with van der Waals surface area (Å²) in [7, 11) is -0.591. The quantitative estimate of drug-likeness (QED) is 0.549. The Bertz CT molecular complexity index is 812. The van der Waals surface area contributed by atoms with Crippen LogP contribution in [-0.4, -0.2) is 21.8 Å². The highest BCUT2D eigenvalue weighted by Gasteiger charge is 2.49. The molecule has 1 fully saturated rings. The zero-order chi connectivity index (χ0) is 18.9. The fraction of sp³-hybridized carbons (Fsp3) is 0.364. The molecule has 1 unspecified atom stereocenters. The first-order valence-electron chi connectivity index (χ1n) is 9.06. The highest BCUT2D eigenvalue weighted by atomic mass is 31.1. The highest BCUT2D eigenvalue weighted by molar-refractivity contribution is 7.96. The van der Waals surface area contributed by atoms with Crippen molar-refractivity contribution >= 4 is 30.4 Å². The Kier molecular flexibility index (Phi) is 5.03. The van der Waals surface area contributed by atoms with E-state index >= 15 is 0 Å². The first-order valence-corrected chi connectivity index (χ1v) is 10.4. The fourth-order valence-corrected chi connectivity index (χ4v) is 5.53. The summed E-state index contributed by atoms with van der Waals surface area (Å²) >= 11 is 0. The standard InChI is InChI=1S/C22H28N3P/c1-21(2,3)24-20-25(18-15-11-8-12-16-18)19(26(20)22(4,5)6)23-17-13-9-7-10-14-17/h7-16H,1-6H3. The molecule has 2 aromatic carbocycles. The van der Waals surface area contributed by atoms with Gasteiger partial charge in [0, 0.05) is 13.6 Å². The molecule has 0 N–H and O–H groups in total. The summed E-state index contributed by atoms with van der Waals surface area (Å²) in [5.74, 6) is 0. The lowest BCUT2D eigenvalue weighted by molar-refractivity contribution is 0.584. The topological polar surface area (TPSA) is 28.0 Å². The fourth-order valence-electron chi connectivity index (χ4n) is 2.86. The number of hydrogen-bond acceptors (Lipinski definition) is 2. The number of para-hydroxylation sites is 2. The summed E-state index contributed by atoms with van der Waals surface area (Å²) in [6.45, 7) is 13.3. The van der Waals surface area contributed by atoms with E-state index in [1.54, 1.807) is 0 Å². The Morgan fingerprint density at radius 1 is 0.731 bits per heavy atom. The zero-order valence-corrected chi connectivity index (χ0v) is 17.5. The van der Waals surface area contributed by atoms with E-state index < -0.39 is 7.92 Å². The lowest BCUT2D eigenvalue weighted by Gasteiger charge is -2.49. The molecule has 1 atom stereocenters. The maximum absolute atomic E-state index is 5.10. The number of aliphatic imine (C=N–C) groups is 2. The van der Waals surface area contributed by atoms with Gasteiger partial charge in [-0.15, -0.1) is 0 Å². The monoisotopic (exact) mass is 365 g/mol. The van der Waals surface area contributed by atoms with Gasteiger partial charge in [-0.1, -0.05) is 57.2 Å². The van der Waals surface area contributed by atoms with E-state index in [1.165, 1.54) is 5.58 Å². The van der Waals surface area contributed by atoms with Gasteiger partial charge in [0.15, 0.2) is 0 Å². The number of amidine groups is 2. The summed E-state index contributed by atoms with van der Waals surface area (Å²) in [6.07, 6.45) is 0. The summed E-state index contributed by atoms with van der Waals surface area (Å²) in [6, 6.07) is 20.7. The second-order valence-electron chi connectivity index (χ2n) is 8.51. The van der Waals surface area contributed by atoms with Crippen LogP contribution in [0.1, 0.15) is 41.5 Å². The minimum absolute atomic E-state index is 0.109. The van der Waals surface area contributed by atoms with Crippen molar-refractivity contribution in [1.82, 2.24) is 0 Å². The van der Waals surface area contributed by atoms with Crippen LogP contribution < -0.4 is 4.90 Å². The molecule has 1 aliphatic rings. The molecule has 0 radical (unpaired) electrons. The van der Waals surface area contributed by atoms with E-state index in [-0.39, 0.29) is 10.7 Å². The lowest BCUT2D eigenvalue weighted by Crippen LogP contribution is -2.52. The van der Waals surface area contributed by atoms with Crippen molar-refractivity contribution in [2.45, 2.75) is 52.2 Å². The second kappa shape index (κ2) is 6.96. The Hall–Kier alpha value is -1.99. The number of benzene rings is 2. The molecule has 0 aromatic heterocycles. The Labute approximate surface area is 158 Å². The molecule has 3 nitrogen and oxygen atoms in total. The summed E-state index contributed by atoms with van der Waals surface area (Å²) in [5, 5.41) is 0.109. The highest BCUT2D eigenvalue weighted by Crippen LogP contribution is 2.62. The van der Waals surface area contributed by atoms with Crippen molar-refractivity contribution in [2.75, 3.05) is 4.90 Å². The molecule has 0 aliphatic carbocycles. The molecular weight excluding hydrogens is 337 g/mol. The van der Waals surface area contributed by atoms with Crippen LogP contribution in [0.4, 0.5) is 11.4 Å². The number of rotatable bonds is 2. The van der Waals surface area contributed by atoms with Crippen molar-refractivity contribution in [2.24, 2.45) is 9.98 Å². The zero-order valence-electron chi connectivity index (χ0n) is 16.6.